The van der Waals surface area contributed by atoms with Gasteiger partial charge in [0, 0.05) is 12.5 Å². The summed E-state index contributed by atoms with van der Waals surface area (Å²) in [5.74, 6) is 5.71. The molecule has 0 radical (unpaired) electrons. The van der Waals surface area contributed by atoms with Crippen molar-refractivity contribution in [3.8, 4) is 0 Å². The number of amidine groups is 1. The van der Waals surface area contributed by atoms with Crippen LogP contribution in [0.25, 0.3) is 0 Å². The summed E-state index contributed by atoms with van der Waals surface area (Å²) in [5.41, 5.74) is 10.7. The summed E-state index contributed by atoms with van der Waals surface area (Å²) in [4.78, 5) is 10.8. The Balaban J connectivity index is 2.19. The lowest BCUT2D eigenvalue weighted by atomic mass is 9.84. The molecular weight excluding hydrogens is 206 g/mol. The molecule has 1 amide bonds. The van der Waals surface area contributed by atoms with Crippen molar-refractivity contribution >= 4 is 11.7 Å². The Labute approximate surface area is 95.6 Å². The lowest BCUT2D eigenvalue weighted by molar-refractivity contribution is -0.119. The smallest absolute Gasteiger partial charge is 0.217 e. The Morgan fingerprint density at radius 1 is 1.25 bits per heavy atom. The van der Waals surface area contributed by atoms with Crippen LogP contribution >= 0.6 is 0 Å². The van der Waals surface area contributed by atoms with Gasteiger partial charge in [0.2, 0.25) is 5.91 Å². The van der Waals surface area contributed by atoms with E-state index in [2.05, 4.69) is 10.4 Å². The van der Waals surface area contributed by atoms with E-state index >= 15 is 0 Å². The minimum atomic E-state index is -0.198. The molecule has 0 atom stereocenters. The van der Waals surface area contributed by atoms with Crippen molar-refractivity contribution in [1.82, 2.24) is 5.32 Å². The summed E-state index contributed by atoms with van der Waals surface area (Å²) in [5, 5.41) is 6.69. The predicted octanol–water partition coefficient (Wildman–Crippen LogP) is -0.759. The van der Waals surface area contributed by atoms with Gasteiger partial charge in [0.15, 0.2) is 0 Å². The molecule has 0 unspecified atom stereocenters. The zero-order valence-electron chi connectivity index (χ0n) is 9.48. The maximum Gasteiger partial charge on any atom is 0.217 e. The number of amides is 1. The van der Waals surface area contributed by atoms with Crippen molar-refractivity contribution in [1.29, 1.82) is 0 Å². The molecule has 0 heterocycles. The van der Waals surface area contributed by atoms with Crippen molar-refractivity contribution < 1.29 is 4.79 Å². The molecular formula is C10H21N5O. The first-order chi connectivity index (χ1) is 7.61. The maximum atomic E-state index is 10.8. The summed E-state index contributed by atoms with van der Waals surface area (Å²) in [6.45, 7) is 0.529. The molecule has 1 saturated carbocycles. The van der Waals surface area contributed by atoms with E-state index in [0.717, 1.165) is 25.7 Å². The molecule has 1 aliphatic carbocycles. The monoisotopic (exact) mass is 227 g/mol. The van der Waals surface area contributed by atoms with Gasteiger partial charge >= 0.3 is 0 Å². The second-order valence-electron chi connectivity index (χ2n) is 4.39. The molecule has 0 spiro atoms. The molecule has 0 saturated heterocycles. The minimum Gasteiger partial charge on any atom is -0.385 e. The average Bonchev–Trinajstić information content (AvgIpc) is 2.27. The van der Waals surface area contributed by atoms with Crippen LogP contribution in [0.5, 0.6) is 0 Å². The number of primary amides is 1. The lowest BCUT2D eigenvalue weighted by Crippen LogP contribution is -2.39. The number of nitrogens with two attached hydrogens (primary N) is 3. The molecule has 1 rings (SSSR count). The van der Waals surface area contributed by atoms with Gasteiger partial charge in [0.05, 0.1) is 6.54 Å². The third kappa shape index (κ3) is 4.48. The van der Waals surface area contributed by atoms with Crippen LogP contribution in [0, 0.1) is 5.92 Å². The van der Waals surface area contributed by atoms with Crippen LogP contribution in [0.1, 0.15) is 32.1 Å². The standard InChI is InChI=1S/C10H21N5O/c11-9(15-13)6-14-8-3-1-7(2-4-8)5-10(12)16/h7-8,14H,1-6,13H2,(H2,11,15)(H2,12,16). The Bertz CT molecular complexity index is 258. The van der Waals surface area contributed by atoms with Gasteiger partial charge in [-0.25, -0.2) is 0 Å². The van der Waals surface area contributed by atoms with Crippen molar-refractivity contribution in [2.24, 2.45) is 28.3 Å². The first-order valence-electron chi connectivity index (χ1n) is 5.65. The number of rotatable bonds is 5. The molecule has 92 valence electrons. The van der Waals surface area contributed by atoms with Crippen molar-refractivity contribution in [3.05, 3.63) is 0 Å². The van der Waals surface area contributed by atoms with Crippen LogP contribution in [0.4, 0.5) is 0 Å². The zero-order valence-corrected chi connectivity index (χ0v) is 9.48. The van der Waals surface area contributed by atoms with E-state index in [9.17, 15) is 4.79 Å². The minimum absolute atomic E-state index is 0.198. The fourth-order valence-electron chi connectivity index (χ4n) is 2.15. The summed E-state index contributed by atoms with van der Waals surface area (Å²) in [6.07, 6.45) is 4.70. The van der Waals surface area contributed by atoms with E-state index in [-0.39, 0.29) is 5.91 Å². The molecule has 1 fully saturated rings. The van der Waals surface area contributed by atoms with Crippen molar-refractivity contribution in [2.45, 2.75) is 38.1 Å². The average molecular weight is 227 g/mol. The van der Waals surface area contributed by atoms with Gasteiger partial charge in [-0.05, 0) is 31.6 Å². The predicted molar refractivity (Wildman–Crippen MR) is 63.4 cm³/mol. The highest BCUT2D eigenvalue weighted by Gasteiger charge is 2.21. The highest BCUT2D eigenvalue weighted by Crippen LogP contribution is 2.26. The molecule has 0 aromatic heterocycles. The maximum absolute atomic E-state index is 10.8. The quantitative estimate of drug-likeness (QED) is 0.213. The summed E-state index contributed by atoms with van der Waals surface area (Å²) in [6, 6.07) is 0.449. The fraction of sp³-hybridized carbons (Fsp3) is 0.800. The molecule has 0 bridgehead atoms. The van der Waals surface area contributed by atoms with Crippen LogP contribution in [0.3, 0.4) is 0 Å². The number of nitrogens with one attached hydrogen (secondary N) is 1. The summed E-state index contributed by atoms with van der Waals surface area (Å²) >= 11 is 0. The van der Waals surface area contributed by atoms with Crippen LogP contribution in [0.2, 0.25) is 0 Å². The van der Waals surface area contributed by atoms with E-state index in [1.807, 2.05) is 0 Å². The highest BCUT2D eigenvalue weighted by molar-refractivity contribution is 5.81. The first-order valence-corrected chi connectivity index (χ1v) is 5.65. The fourth-order valence-corrected chi connectivity index (χ4v) is 2.15. The number of hydrogen-bond acceptors (Lipinski definition) is 4. The SMILES string of the molecule is N/N=C(\N)CNC1CCC(CC(N)=O)CC1. The molecule has 0 aliphatic heterocycles. The highest BCUT2D eigenvalue weighted by atomic mass is 16.1. The van der Waals surface area contributed by atoms with E-state index < -0.39 is 0 Å². The van der Waals surface area contributed by atoms with E-state index in [1.54, 1.807) is 0 Å². The largest absolute Gasteiger partial charge is 0.385 e. The third-order valence-electron chi connectivity index (χ3n) is 3.07. The Morgan fingerprint density at radius 2 is 1.88 bits per heavy atom. The number of carbonyl (C=O) groups excluding carboxylic acids is 1. The normalized spacial score (nSPS) is 26.6. The van der Waals surface area contributed by atoms with Gasteiger partial charge in [-0.15, -0.1) is 0 Å². The van der Waals surface area contributed by atoms with E-state index in [4.69, 9.17) is 17.3 Å². The van der Waals surface area contributed by atoms with Gasteiger partial charge in [-0.3, -0.25) is 4.79 Å². The summed E-state index contributed by atoms with van der Waals surface area (Å²) in [7, 11) is 0. The van der Waals surface area contributed by atoms with E-state index in [0.29, 0.717) is 30.8 Å². The molecule has 6 nitrogen and oxygen atoms in total. The number of carbonyl (C=O) groups is 1. The lowest BCUT2D eigenvalue weighted by Gasteiger charge is -2.28. The molecule has 1 aliphatic rings. The first kappa shape index (κ1) is 12.8. The van der Waals surface area contributed by atoms with Crippen LogP contribution < -0.4 is 22.6 Å². The molecule has 6 heteroatoms. The summed E-state index contributed by atoms with van der Waals surface area (Å²) < 4.78 is 0. The van der Waals surface area contributed by atoms with Crippen LogP contribution in [0.15, 0.2) is 5.10 Å². The Kier molecular flexibility index (Phi) is 5.04. The number of nitrogens with zero attached hydrogens (tertiary/aromatic N) is 1. The molecule has 0 aromatic carbocycles. The second kappa shape index (κ2) is 6.32. The zero-order chi connectivity index (χ0) is 12.0. The van der Waals surface area contributed by atoms with Gasteiger partial charge in [0.1, 0.15) is 5.84 Å². The topological polar surface area (TPSA) is 120 Å². The van der Waals surface area contributed by atoms with E-state index in [1.165, 1.54) is 0 Å². The second-order valence-corrected chi connectivity index (χ2v) is 4.39. The van der Waals surface area contributed by atoms with Gasteiger partial charge < -0.3 is 22.6 Å². The number of hydrazone groups is 1. The van der Waals surface area contributed by atoms with Gasteiger partial charge in [-0.2, -0.15) is 5.10 Å². The van der Waals surface area contributed by atoms with Gasteiger partial charge in [0.25, 0.3) is 0 Å². The van der Waals surface area contributed by atoms with Crippen molar-refractivity contribution in [3.63, 3.8) is 0 Å². The molecule has 0 aromatic rings. The van der Waals surface area contributed by atoms with Crippen LogP contribution in [-0.2, 0) is 4.79 Å². The Morgan fingerprint density at radius 3 is 2.38 bits per heavy atom. The number of hydrogen-bond donors (Lipinski definition) is 4. The Hall–Kier alpha value is -1.30. The van der Waals surface area contributed by atoms with Gasteiger partial charge in [-0.1, -0.05) is 0 Å². The molecule has 7 N–H and O–H groups in total. The van der Waals surface area contributed by atoms with Crippen molar-refractivity contribution in [2.75, 3.05) is 6.54 Å². The van der Waals surface area contributed by atoms with Crippen LogP contribution in [-0.4, -0.2) is 24.3 Å². The molecule has 16 heavy (non-hydrogen) atoms. The third-order valence-corrected chi connectivity index (χ3v) is 3.07.